The molecule has 0 radical (unpaired) electrons. The van der Waals surface area contributed by atoms with Gasteiger partial charge in [-0.2, -0.15) is 13.2 Å². The number of benzene rings is 1. The highest BCUT2D eigenvalue weighted by Crippen LogP contribution is 2.31. The van der Waals surface area contributed by atoms with Gasteiger partial charge in [-0.1, -0.05) is 19.9 Å². The molecular formula is C18H23F3O4. The maximum atomic E-state index is 12.9. The number of hydrogen-bond donors (Lipinski definition) is 0. The summed E-state index contributed by atoms with van der Waals surface area (Å²) in [6.07, 6.45) is -4.71. The average Bonchev–Trinajstić information content (AvgIpc) is 2.57. The number of alkyl halides is 3. The van der Waals surface area contributed by atoms with Gasteiger partial charge >= 0.3 is 12.1 Å². The summed E-state index contributed by atoms with van der Waals surface area (Å²) < 4.78 is 48.4. The summed E-state index contributed by atoms with van der Waals surface area (Å²) in [5, 5.41) is 0. The van der Waals surface area contributed by atoms with E-state index < -0.39 is 23.8 Å². The zero-order valence-electron chi connectivity index (χ0n) is 14.8. The summed E-state index contributed by atoms with van der Waals surface area (Å²) in [5.74, 6) is -4.55. The third-order valence-electron chi connectivity index (χ3n) is 4.09. The van der Waals surface area contributed by atoms with Crippen LogP contribution in [0.1, 0.15) is 44.2 Å². The number of hydrogen-bond acceptors (Lipinski definition) is 4. The van der Waals surface area contributed by atoms with E-state index in [4.69, 9.17) is 4.74 Å². The van der Waals surface area contributed by atoms with Crippen molar-refractivity contribution in [3.05, 3.63) is 29.3 Å². The number of Topliss-reactive ketones (excluding diaryl/α,β-unsaturated/α-hetero) is 1. The molecule has 0 aliphatic carbocycles. The van der Waals surface area contributed by atoms with E-state index in [9.17, 15) is 22.8 Å². The molecule has 0 aliphatic rings. The molecule has 1 rings (SSSR count). The van der Waals surface area contributed by atoms with Crippen molar-refractivity contribution in [1.29, 1.82) is 0 Å². The van der Waals surface area contributed by atoms with Gasteiger partial charge in [0, 0.05) is 0 Å². The van der Waals surface area contributed by atoms with Crippen LogP contribution in [0.4, 0.5) is 13.2 Å². The van der Waals surface area contributed by atoms with E-state index in [-0.39, 0.29) is 18.9 Å². The smallest absolute Gasteiger partial charge is 0.450 e. The molecule has 1 aromatic carbocycles. The van der Waals surface area contributed by atoms with Gasteiger partial charge in [0.05, 0.1) is 13.7 Å². The van der Waals surface area contributed by atoms with E-state index in [1.54, 1.807) is 18.2 Å². The van der Waals surface area contributed by atoms with Crippen molar-refractivity contribution >= 4 is 11.8 Å². The van der Waals surface area contributed by atoms with Gasteiger partial charge in [-0.3, -0.25) is 9.59 Å². The third kappa shape index (κ3) is 5.47. The first kappa shape index (κ1) is 21.0. The fourth-order valence-corrected chi connectivity index (χ4v) is 2.51. The van der Waals surface area contributed by atoms with Gasteiger partial charge in [-0.05, 0) is 48.9 Å². The summed E-state index contributed by atoms with van der Waals surface area (Å²) in [6, 6.07) is 4.92. The van der Waals surface area contributed by atoms with Gasteiger partial charge < -0.3 is 9.47 Å². The lowest BCUT2D eigenvalue weighted by atomic mass is 9.87. The Labute approximate surface area is 145 Å². The lowest BCUT2D eigenvalue weighted by molar-refractivity contribution is -0.180. The van der Waals surface area contributed by atoms with E-state index in [0.29, 0.717) is 11.3 Å². The standard InChI is InChI=1S/C18H23F3O4/c1-5-11(3)14-10-13(24-4)8-7-12(14)9-15(17(23)25-6-2)16(22)18(19,20)21/h7-8,10-11,15H,5-6,9H2,1-4H3. The van der Waals surface area contributed by atoms with Gasteiger partial charge in [0.2, 0.25) is 0 Å². The van der Waals surface area contributed by atoms with Crippen molar-refractivity contribution in [2.45, 2.75) is 45.7 Å². The molecule has 0 heterocycles. The molecule has 7 heteroatoms. The monoisotopic (exact) mass is 360 g/mol. The van der Waals surface area contributed by atoms with Crippen LogP contribution in [0.2, 0.25) is 0 Å². The zero-order chi connectivity index (χ0) is 19.2. The minimum atomic E-state index is -5.10. The number of methoxy groups -OCH3 is 1. The quantitative estimate of drug-likeness (QED) is 0.518. The number of ketones is 1. The number of ether oxygens (including phenoxy) is 2. The highest BCUT2D eigenvalue weighted by molar-refractivity contribution is 6.02. The first-order chi connectivity index (χ1) is 11.6. The Morgan fingerprint density at radius 3 is 2.32 bits per heavy atom. The second-order valence-electron chi connectivity index (χ2n) is 5.74. The second-order valence-corrected chi connectivity index (χ2v) is 5.74. The fraction of sp³-hybridized carbons (Fsp3) is 0.556. The van der Waals surface area contributed by atoms with Crippen molar-refractivity contribution in [2.75, 3.05) is 13.7 Å². The van der Waals surface area contributed by atoms with Gasteiger partial charge in [0.25, 0.3) is 5.78 Å². The molecule has 0 aromatic heterocycles. The lowest BCUT2D eigenvalue weighted by Gasteiger charge is -2.20. The van der Waals surface area contributed by atoms with Crippen molar-refractivity contribution in [3.8, 4) is 5.75 Å². The predicted octanol–water partition coefficient (Wildman–Crippen LogP) is 4.06. The Hall–Kier alpha value is -2.05. The average molecular weight is 360 g/mol. The largest absolute Gasteiger partial charge is 0.497 e. The SMILES string of the molecule is CCOC(=O)C(Cc1ccc(OC)cc1C(C)CC)C(=O)C(F)(F)F. The molecule has 0 amide bonds. The summed E-state index contributed by atoms with van der Waals surface area (Å²) in [5.41, 5.74) is 1.26. The van der Waals surface area contributed by atoms with Crippen molar-refractivity contribution in [2.24, 2.45) is 5.92 Å². The van der Waals surface area contributed by atoms with E-state index in [0.717, 1.165) is 12.0 Å². The summed E-state index contributed by atoms with van der Waals surface area (Å²) in [6.45, 7) is 5.24. The Balaban J connectivity index is 3.27. The Morgan fingerprint density at radius 2 is 1.84 bits per heavy atom. The first-order valence-electron chi connectivity index (χ1n) is 8.10. The van der Waals surface area contributed by atoms with Crippen LogP contribution in [-0.2, 0) is 20.7 Å². The molecular weight excluding hydrogens is 337 g/mol. The maximum absolute atomic E-state index is 12.9. The topological polar surface area (TPSA) is 52.6 Å². The fourth-order valence-electron chi connectivity index (χ4n) is 2.51. The van der Waals surface area contributed by atoms with Crippen LogP contribution in [0.15, 0.2) is 18.2 Å². The van der Waals surface area contributed by atoms with Gasteiger partial charge in [0.1, 0.15) is 11.7 Å². The number of halogens is 3. The molecule has 0 aliphatic heterocycles. The Kier molecular flexibility index (Phi) is 7.45. The van der Waals surface area contributed by atoms with Crippen molar-refractivity contribution in [1.82, 2.24) is 0 Å². The first-order valence-corrected chi connectivity index (χ1v) is 8.10. The summed E-state index contributed by atoms with van der Waals surface area (Å²) in [4.78, 5) is 23.7. The Morgan fingerprint density at radius 1 is 1.20 bits per heavy atom. The van der Waals surface area contributed by atoms with Crippen LogP contribution in [0.25, 0.3) is 0 Å². The number of carbonyl (C=O) groups excluding carboxylic acids is 2. The maximum Gasteiger partial charge on any atom is 0.450 e. The van der Waals surface area contributed by atoms with E-state index >= 15 is 0 Å². The normalized spacial score (nSPS) is 13.9. The van der Waals surface area contributed by atoms with Crippen LogP contribution in [-0.4, -0.2) is 31.6 Å². The van der Waals surface area contributed by atoms with Crippen molar-refractivity contribution < 1.29 is 32.2 Å². The molecule has 2 unspecified atom stereocenters. The molecule has 4 nitrogen and oxygen atoms in total. The highest BCUT2D eigenvalue weighted by atomic mass is 19.4. The molecule has 25 heavy (non-hydrogen) atoms. The summed E-state index contributed by atoms with van der Waals surface area (Å²) >= 11 is 0. The summed E-state index contributed by atoms with van der Waals surface area (Å²) in [7, 11) is 1.49. The highest BCUT2D eigenvalue weighted by Gasteiger charge is 2.47. The lowest BCUT2D eigenvalue weighted by Crippen LogP contribution is -2.37. The third-order valence-corrected chi connectivity index (χ3v) is 4.09. The second kappa shape index (κ2) is 8.87. The number of rotatable bonds is 8. The molecule has 2 atom stereocenters. The molecule has 0 fully saturated rings. The van der Waals surface area contributed by atoms with Gasteiger partial charge in [-0.15, -0.1) is 0 Å². The van der Waals surface area contributed by atoms with Gasteiger partial charge in [0.15, 0.2) is 0 Å². The number of carbonyl (C=O) groups is 2. The zero-order valence-corrected chi connectivity index (χ0v) is 14.8. The molecule has 1 aromatic rings. The van der Waals surface area contributed by atoms with Gasteiger partial charge in [-0.25, -0.2) is 0 Å². The molecule has 0 saturated carbocycles. The van der Waals surface area contributed by atoms with Crippen LogP contribution >= 0.6 is 0 Å². The van der Waals surface area contributed by atoms with Crippen LogP contribution < -0.4 is 4.74 Å². The van der Waals surface area contributed by atoms with E-state index in [1.165, 1.54) is 14.0 Å². The Bertz CT molecular complexity index is 611. The molecule has 140 valence electrons. The predicted molar refractivity (Wildman–Crippen MR) is 86.6 cm³/mol. The minimum absolute atomic E-state index is 0.0361. The minimum Gasteiger partial charge on any atom is -0.497 e. The van der Waals surface area contributed by atoms with Crippen LogP contribution in [0.3, 0.4) is 0 Å². The molecule has 0 N–H and O–H groups in total. The number of esters is 1. The van der Waals surface area contributed by atoms with E-state index in [1.807, 2.05) is 13.8 Å². The van der Waals surface area contributed by atoms with Crippen LogP contribution in [0.5, 0.6) is 5.75 Å². The van der Waals surface area contributed by atoms with E-state index in [2.05, 4.69) is 4.74 Å². The van der Waals surface area contributed by atoms with Crippen molar-refractivity contribution in [3.63, 3.8) is 0 Å². The molecule has 0 saturated heterocycles. The molecule has 0 spiro atoms. The van der Waals surface area contributed by atoms with Crippen LogP contribution in [0, 0.1) is 5.92 Å². The molecule has 0 bridgehead atoms.